The Labute approximate surface area is 159 Å². The highest BCUT2D eigenvalue weighted by atomic mass is 16.5. The summed E-state index contributed by atoms with van der Waals surface area (Å²) in [5, 5.41) is 3.74. The molecule has 0 radical (unpaired) electrons. The van der Waals surface area contributed by atoms with Crippen LogP contribution in [0.3, 0.4) is 0 Å². The number of imidazole rings is 1. The molecule has 0 aliphatic heterocycles. The second kappa shape index (κ2) is 8.39. The summed E-state index contributed by atoms with van der Waals surface area (Å²) < 4.78 is 12.7. The monoisotopic (exact) mass is 366 g/mol. The predicted molar refractivity (Wildman–Crippen MR) is 106 cm³/mol. The number of methoxy groups -OCH3 is 1. The molecule has 1 saturated carbocycles. The first-order valence-corrected chi connectivity index (χ1v) is 9.67. The van der Waals surface area contributed by atoms with E-state index in [4.69, 9.17) is 14.5 Å². The van der Waals surface area contributed by atoms with E-state index < -0.39 is 0 Å². The van der Waals surface area contributed by atoms with Crippen molar-refractivity contribution in [3.63, 3.8) is 0 Å². The fourth-order valence-electron chi connectivity index (χ4n) is 3.62. The van der Waals surface area contributed by atoms with Crippen molar-refractivity contribution in [2.24, 2.45) is 0 Å². The normalized spacial score (nSPS) is 15.1. The molecule has 1 aromatic carbocycles. The maximum Gasteiger partial charge on any atom is 0.235 e. The van der Waals surface area contributed by atoms with E-state index in [1.54, 1.807) is 13.3 Å². The number of hydrogen-bond acceptors (Lipinski definition) is 5. The third-order valence-electron chi connectivity index (χ3n) is 5.03. The first-order valence-electron chi connectivity index (χ1n) is 9.67. The molecule has 1 aliphatic rings. The van der Waals surface area contributed by atoms with Gasteiger partial charge in [0.25, 0.3) is 0 Å². The van der Waals surface area contributed by atoms with Crippen molar-refractivity contribution in [3.8, 4) is 17.0 Å². The van der Waals surface area contributed by atoms with Gasteiger partial charge in [-0.3, -0.25) is 4.40 Å². The number of rotatable bonds is 7. The zero-order valence-corrected chi connectivity index (χ0v) is 15.7. The number of aromatic nitrogens is 3. The van der Waals surface area contributed by atoms with Gasteiger partial charge in [-0.25, -0.2) is 9.97 Å². The van der Waals surface area contributed by atoms with Crippen LogP contribution in [0.5, 0.6) is 5.75 Å². The molecule has 2 aromatic heterocycles. The van der Waals surface area contributed by atoms with Gasteiger partial charge < -0.3 is 14.8 Å². The molecule has 0 unspecified atom stereocenters. The predicted octanol–water partition coefficient (Wildman–Crippen LogP) is 4.17. The van der Waals surface area contributed by atoms with Crippen LogP contribution in [0.1, 0.15) is 32.1 Å². The van der Waals surface area contributed by atoms with E-state index in [0.717, 1.165) is 22.8 Å². The highest BCUT2D eigenvalue weighted by molar-refractivity contribution is 5.76. The molecule has 0 atom stereocenters. The molecule has 4 rings (SSSR count). The van der Waals surface area contributed by atoms with Gasteiger partial charge in [-0.15, -0.1) is 0 Å². The van der Waals surface area contributed by atoms with Crippen LogP contribution in [0.25, 0.3) is 17.0 Å². The molecule has 0 bridgehead atoms. The molecule has 1 N–H and O–H groups in total. The fourth-order valence-corrected chi connectivity index (χ4v) is 3.62. The van der Waals surface area contributed by atoms with E-state index in [1.807, 2.05) is 28.8 Å². The Bertz CT molecular complexity index is 870. The van der Waals surface area contributed by atoms with Crippen LogP contribution >= 0.6 is 0 Å². The number of hydrogen-bond donors (Lipinski definition) is 1. The standard InChI is InChI=1S/C21H26N4O2/c1-26-14-15-27-18-10-8-16(9-11-18)19-20(23-17-6-3-2-4-7-17)25-13-5-12-22-21(25)24-19/h5,8-13,17,23H,2-4,6-7,14-15H2,1H3. The maximum atomic E-state index is 5.67. The Hall–Kier alpha value is -2.60. The summed E-state index contributed by atoms with van der Waals surface area (Å²) in [5.74, 6) is 2.57. The highest BCUT2D eigenvalue weighted by Gasteiger charge is 2.20. The first kappa shape index (κ1) is 17.8. The smallest absolute Gasteiger partial charge is 0.235 e. The molecular formula is C21H26N4O2. The Morgan fingerprint density at radius 3 is 2.70 bits per heavy atom. The molecule has 142 valence electrons. The SMILES string of the molecule is COCCOc1ccc(-c2nc3ncccn3c2NC2CCCCC2)cc1. The van der Waals surface area contributed by atoms with Crippen molar-refractivity contribution < 1.29 is 9.47 Å². The zero-order valence-electron chi connectivity index (χ0n) is 15.7. The average molecular weight is 366 g/mol. The van der Waals surface area contributed by atoms with Crippen LogP contribution in [0, 0.1) is 0 Å². The van der Waals surface area contributed by atoms with E-state index in [-0.39, 0.29) is 0 Å². The van der Waals surface area contributed by atoms with Gasteiger partial charge in [-0.1, -0.05) is 19.3 Å². The largest absolute Gasteiger partial charge is 0.491 e. The van der Waals surface area contributed by atoms with Crippen molar-refractivity contribution in [3.05, 3.63) is 42.7 Å². The summed E-state index contributed by atoms with van der Waals surface area (Å²) in [5.41, 5.74) is 1.99. The number of ether oxygens (including phenoxy) is 2. The van der Waals surface area contributed by atoms with Gasteiger partial charge in [0, 0.05) is 31.1 Å². The quantitative estimate of drug-likeness (QED) is 0.636. The molecule has 6 nitrogen and oxygen atoms in total. The summed E-state index contributed by atoms with van der Waals surface area (Å²) >= 11 is 0. The van der Waals surface area contributed by atoms with Crippen LogP contribution in [0.2, 0.25) is 0 Å². The Kier molecular flexibility index (Phi) is 5.53. The van der Waals surface area contributed by atoms with E-state index in [1.165, 1.54) is 32.1 Å². The lowest BCUT2D eigenvalue weighted by atomic mass is 9.95. The second-order valence-electron chi connectivity index (χ2n) is 6.94. The summed E-state index contributed by atoms with van der Waals surface area (Å²) in [6.45, 7) is 1.12. The van der Waals surface area contributed by atoms with Crippen LogP contribution < -0.4 is 10.1 Å². The number of benzene rings is 1. The second-order valence-corrected chi connectivity index (χ2v) is 6.94. The molecule has 1 fully saturated rings. The lowest BCUT2D eigenvalue weighted by Gasteiger charge is -2.24. The minimum atomic E-state index is 0.495. The Morgan fingerprint density at radius 1 is 1.11 bits per heavy atom. The first-order chi connectivity index (χ1) is 13.3. The van der Waals surface area contributed by atoms with E-state index in [9.17, 15) is 0 Å². The summed E-state index contributed by atoms with van der Waals surface area (Å²) in [4.78, 5) is 9.20. The molecule has 2 heterocycles. The summed E-state index contributed by atoms with van der Waals surface area (Å²) in [6, 6.07) is 10.5. The van der Waals surface area contributed by atoms with Crippen LogP contribution in [0.4, 0.5) is 5.82 Å². The van der Waals surface area contributed by atoms with E-state index in [2.05, 4.69) is 22.4 Å². The third kappa shape index (κ3) is 4.06. The van der Waals surface area contributed by atoms with Crippen molar-refractivity contribution in [2.45, 2.75) is 38.1 Å². The summed E-state index contributed by atoms with van der Waals surface area (Å²) in [7, 11) is 1.67. The number of fused-ring (bicyclic) bond motifs is 1. The molecule has 6 heteroatoms. The fraction of sp³-hybridized carbons (Fsp3) is 0.429. The van der Waals surface area contributed by atoms with Crippen molar-refractivity contribution in [1.82, 2.24) is 14.4 Å². The molecule has 27 heavy (non-hydrogen) atoms. The number of anilines is 1. The van der Waals surface area contributed by atoms with Crippen LogP contribution in [0.15, 0.2) is 42.7 Å². The number of nitrogens with one attached hydrogen (secondary N) is 1. The third-order valence-corrected chi connectivity index (χ3v) is 5.03. The minimum absolute atomic E-state index is 0.495. The van der Waals surface area contributed by atoms with Gasteiger partial charge in [0.15, 0.2) is 0 Å². The molecule has 0 amide bonds. The van der Waals surface area contributed by atoms with Crippen LogP contribution in [-0.4, -0.2) is 40.7 Å². The topological polar surface area (TPSA) is 60.7 Å². The van der Waals surface area contributed by atoms with Gasteiger partial charge in [0.05, 0.1) is 6.61 Å². The summed E-state index contributed by atoms with van der Waals surface area (Å²) in [6.07, 6.45) is 10.1. The zero-order chi connectivity index (χ0) is 18.5. The van der Waals surface area contributed by atoms with Crippen molar-refractivity contribution >= 4 is 11.6 Å². The molecular weight excluding hydrogens is 340 g/mol. The van der Waals surface area contributed by atoms with E-state index in [0.29, 0.717) is 25.0 Å². The molecule has 0 saturated heterocycles. The van der Waals surface area contributed by atoms with Gasteiger partial charge >= 0.3 is 0 Å². The molecule has 3 aromatic rings. The average Bonchev–Trinajstić information content (AvgIpc) is 3.08. The minimum Gasteiger partial charge on any atom is -0.491 e. The lowest BCUT2D eigenvalue weighted by Crippen LogP contribution is -2.23. The lowest BCUT2D eigenvalue weighted by molar-refractivity contribution is 0.146. The molecule has 1 aliphatic carbocycles. The van der Waals surface area contributed by atoms with Gasteiger partial charge in [-0.05, 0) is 43.2 Å². The van der Waals surface area contributed by atoms with E-state index >= 15 is 0 Å². The van der Waals surface area contributed by atoms with Gasteiger partial charge in [-0.2, -0.15) is 0 Å². The van der Waals surface area contributed by atoms with Crippen LogP contribution in [-0.2, 0) is 4.74 Å². The van der Waals surface area contributed by atoms with Crippen molar-refractivity contribution in [1.29, 1.82) is 0 Å². The highest BCUT2D eigenvalue weighted by Crippen LogP contribution is 2.31. The Balaban J connectivity index is 1.63. The maximum absolute atomic E-state index is 5.67. The van der Waals surface area contributed by atoms with Gasteiger partial charge in [0.1, 0.15) is 23.9 Å². The Morgan fingerprint density at radius 2 is 1.93 bits per heavy atom. The van der Waals surface area contributed by atoms with Crippen molar-refractivity contribution in [2.75, 3.05) is 25.6 Å². The van der Waals surface area contributed by atoms with Gasteiger partial charge in [0.2, 0.25) is 5.78 Å². The molecule has 0 spiro atoms. The number of nitrogens with zero attached hydrogens (tertiary/aromatic N) is 3.